The number of rotatable bonds is 3. The van der Waals surface area contributed by atoms with Crippen LogP contribution in [0.3, 0.4) is 0 Å². The Bertz CT molecular complexity index is 137. The largest absolute Gasteiger partial charge is 0.450 e. The van der Waals surface area contributed by atoms with E-state index in [1.54, 1.807) is 6.92 Å². The summed E-state index contributed by atoms with van der Waals surface area (Å²) in [6, 6.07) is 0. The van der Waals surface area contributed by atoms with Gasteiger partial charge in [0.05, 0.1) is 13.2 Å². The fourth-order valence-corrected chi connectivity index (χ4v) is 0.628. The first-order chi connectivity index (χ1) is 4.95. The number of carbonyl (C=O) groups excluding carboxylic acids is 1. The molecule has 0 unspecified atom stereocenters. The molecule has 11 heavy (non-hydrogen) atoms. The van der Waals surface area contributed by atoms with Crippen molar-refractivity contribution in [1.29, 1.82) is 0 Å². The summed E-state index contributed by atoms with van der Waals surface area (Å²) in [4.78, 5) is 10.6. The number of ether oxygens (including phenoxy) is 1. The monoisotopic (exact) mass is 263 g/mol. The van der Waals surface area contributed by atoms with Gasteiger partial charge in [-0.3, -0.25) is 0 Å². The van der Waals surface area contributed by atoms with Crippen LogP contribution < -0.4 is 5.32 Å². The van der Waals surface area contributed by atoms with E-state index in [9.17, 15) is 4.79 Å². The minimum atomic E-state index is -1.13. The van der Waals surface area contributed by atoms with E-state index < -0.39 is 9.34 Å². The van der Waals surface area contributed by atoms with Gasteiger partial charge in [0.25, 0.3) is 0 Å². The standard InChI is InChI=1S/C5H8BrCl2NO2/c1-2-11-4(10)9-3-5(6,7)8/h2-3H2,1H3,(H,9,10). The summed E-state index contributed by atoms with van der Waals surface area (Å²) in [6.07, 6.45) is -0.530. The summed E-state index contributed by atoms with van der Waals surface area (Å²) < 4.78 is 3.42. The van der Waals surface area contributed by atoms with Gasteiger partial charge in [0.15, 0.2) is 3.24 Å². The highest BCUT2D eigenvalue weighted by atomic mass is 79.9. The van der Waals surface area contributed by atoms with Crippen LogP contribution in [-0.4, -0.2) is 22.5 Å². The van der Waals surface area contributed by atoms with E-state index in [0.29, 0.717) is 6.61 Å². The van der Waals surface area contributed by atoms with Gasteiger partial charge in [0.2, 0.25) is 0 Å². The highest BCUT2D eigenvalue weighted by molar-refractivity contribution is 9.11. The van der Waals surface area contributed by atoms with E-state index in [-0.39, 0.29) is 6.54 Å². The molecule has 0 heterocycles. The number of amides is 1. The summed E-state index contributed by atoms with van der Waals surface area (Å²) in [5, 5.41) is 2.35. The average Bonchev–Trinajstić information content (AvgIpc) is 1.83. The predicted molar refractivity (Wildman–Crippen MR) is 48.4 cm³/mol. The van der Waals surface area contributed by atoms with Gasteiger partial charge in [-0.05, 0) is 22.9 Å². The number of halogens is 3. The molecule has 0 fully saturated rings. The summed E-state index contributed by atoms with van der Waals surface area (Å²) in [7, 11) is 0. The van der Waals surface area contributed by atoms with E-state index in [0.717, 1.165) is 0 Å². The molecule has 0 radical (unpaired) electrons. The van der Waals surface area contributed by atoms with Crippen LogP contribution in [-0.2, 0) is 4.74 Å². The van der Waals surface area contributed by atoms with E-state index in [1.807, 2.05) is 0 Å². The smallest absolute Gasteiger partial charge is 0.407 e. The molecule has 0 aromatic carbocycles. The molecule has 0 saturated heterocycles. The van der Waals surface area contributed by atoms with E-state index in [4.69, 9.17) is 23.2 Å². The molecule has 3 nitrogen and oxygen atoms in total. The summed E-state index contributed by atoms with van der Waals surface area (Å²) in [5.41, 5.74) is 0. The zero-order valence-electron chi connectivity index (χ0n) is 5.86. The lowest BCUT2D eigenvalue weighted by molar-refractivity contribution is 0.152. The topological polar surface area (TPSA) is 38.3 Å². The Morgan fingerprint density at radius 3 is 2.64 bits per heavy atom. The lowest BCUT2D eigenvalue weighted by Crippen LogP contribution is -2.32. The molecule has 0 aromatic rings. The van der Waals surface area contributed by atoms with Crippen molar-refractivity contribution in [1.82, 2.24) is 5.32 Å². The molecule has 0 spiro atoms. The van der Waals surface area contributed by atoms with Crippen LogP contribution in [0, 0.1) is 0 Å². The third-order valence-corrected chi connectivity index (χ3v) is 1.26. The molecule has 0 atom stereocenters. The Morgan fingerprint density at radius 1 is 1.73 bits per heavy atom. The molecule has 1 N–H and O–H groups in total. The maximum atomic E-state index is 10.6. The molecule has 6 heteroatoms. The van der Waals surface area contributed by atoms with Crippen LogP contribution in [0.25, 0.3) is 0 Å². The molecule has 0 saturated carbocycles. The Hall–Kier alpha value is 0.330. The molecular formula is C5H8BrCl2NO2. The maximum absolute atomic E-state index is 10.6. The SMILES string of the molecule is CCOC(=O)NCC(Cl)(Cl)Br. The van der Waals surface area contributed by atoms with Gasteiger partial charge in [0.1, 0.15) is 0 Å². The summed E-state index contributed by atoms with van der Waals surface area (Å²) >= 11 is 13.9. The molecule has 0 aliphatic rings. The van der Waals surface area contributed by atoms with Crippen molar-refractivity contribution in [2.24, 2.45) is 0 Å². The number of carbonyl (C=O) groups is 1. The van der Waals surface area contributed by atoms with Crippen LogP contribution in [0.2, 0.25) is 0 Å². The predicted octanol–water partition coefficient (Wildman–Crippen LogP) is 2.26. The second kappa shape index (κ2) is 5.06. The fraction of sp³-hybridized carbons (Fsp3) is 0.800. The van der Waals surface area contributed by atoms with Crippen LogP contribution >= 0.6 is 39.1 Å². The first kappa shape index (κ1) is 11.3. The molecule has 0 rings (SSSR count). The van der Waals surface area contributed by atoms with Crippen molar-refractivity contribution >= 4 is 45.2 Å². The van der Waals surface area contributed by atoms with E-state index >= 15 is 0 Å². The molecule has 0 aromatic heterocycles. The highest BCUT2D eigenvalue weighted by Crippen LogP contribution is 2.26. The van der Waals surface area contributed by atoms with E-state index in [1.165, 1.54) is 0 Å². The zero-order valence-corrected chi connectivity index (χ0v) is 8.96. The van der Waals surface area contributed by atoms with Crippen molar-refractivity contribution in [3.8, 4) is 0 Å². The number of hydrogen-bond donors (Lipinski definition) is 1. The van der Waals surface area contributed by atoms with Gasteiger partial charge >= 0.3 is 6.09 Å². The average molecular weight is 265 g/mol. The Labute approximate surface area is 83.5 Å². The molecule has 1 amide bonds. The maximum Gasteiger partial charge on any atom is 0.407 e. The number of alkyl carbamates (subject to hydrolysis) is 1. The minimum Gasteiger partial charge on any atom is -0.450 e. The van der Waals surface area contributed by atoms with Gasteiger partial charge in [-0.15, -0.1) is 0 Å². The van der Waals surface area contributed by atoms with Crippen LogP contribution in [0.5, 0.6) is 0 Å². The molecule has 0 bridgehead atoms. The van der Waals surface area contributed by atoms with Crippen molar-refractivity contribution in [3.05, 3.63) is 0 Å². The van der Waals surface area contributed by atoms with Gasteiger partial charge in [0, 0.05) is 0 Å². The van der Waals surface area contributed by atoms with Crippen molar-refractivity contribution in [2.45, 2.75) is 10.2 Å². The second-order valence-corrected chi connectivity index (χ2v) is 5.44. The van der Waals surface area contributed by atoms with E-state index in [2.05, 4.69) is 26.0 Å². The first-order valence-corrected chi connectivity index (χ1v) is 4.48. The number of nitrogens with one attached hydrogen (secondary N) is 1. The summed E-state index contributed by atoms with van der Waals surface area (Å²) in [5.74, 6) is 0. The second-order valence-electron chi connectivity index (χ2n) is 1.69. The fourth-order valence-electron chi connectivity index (χ4n) is 0.355. The quantitative estimate of drug-likeness (QED) is 0.795. The Kier molecular flexibility index (Phi) is 5.21. The molecule has 0 aliphatic carbocycles. The minimum absolute atomic E-state index is 0.0922. The van der Waals surface area contributed by atoms with Crippen molar-refractivity contribution in [2.75, 3.05) is 13.2 Å². The molecule has 66 valence electrons. The van der Waals surface area contributed by atoms with Crippen LogP contribution in [0.4, 0.5) is 4.79 Å². The normalized spacial score (nSPS) is 10.9. The third-order valence-electron chi connectivity index (χ3n) is 0.709. The van der Waals surface area contributed by atoms with Gasteiger partial charge in [-0.2, -0.15) is 0 Å². The van der Waals surface area contributed by atoms with Gasteiger partial charge in [-0.25, -0.2) is 4.79 Å². The van der Waals surface area contributed by atoms with Crippen molar-refractivity contribution < 1.29 is 9.53 Å². The third kappa shape index (κ3) is 8.23. The number of alkyl halides is 3. The first-order valence-electron chi connectivity index (χ1n) is 2.93. The zero-order chi connectivity index (χ0) is 8.91. The van der Waals surface area contributed by atoms with Gasteiger partial charge < -0.3 is 10.1 Å². The Balaban J connectivity index is 3.46. The lowest BCUT2D eigenvalue weighted by Gasteiger charge is -2.11. The van der Waals surface area contributed by atoms with Crippen molar-refractivity contribution in [3.63, 3.8) is 0 Å². The van der Waals surface area contributed by atoms with Crippen LogP contribution in [0.1, 0.15) is 6.92 Å². The highest BCUT2D eigenvalue weighted by Gasteiger charge is 2.19. The lowest BCUT2D eigenvalue weighted by atomic mass is 10.7. The molecular weight excluding hydrogens is 257 g/mol. The Morgan fingerprint density at radius 2 is 2.27 bits per heavy atom. The number of hydrogen-bond acceptors (Lipinski definition) is 2. The van der Waals surface area contributed by atoms with Gasteiger partial charge in [-0.1, -0.05) is 23.2 Å². The van der Waals surface area contributed by atoms with Crippen LogP contribution in [0.15, 0.2) is 0 Å². The molecule has 0 aliphatic heterocycles. The summed E-state index contributed by atoms with van der Waals surface area (Å²) in [6.45, 7) is 2.13.